The second kappa shape index (κ2) is 8.28. The van der Waals surface area contributed by atoms with Gasteiger partial charge in [-0.05, 0) is 31.0 Å². The van der Waals surface area contributed by atoms with E-state index in [1.165, 1.54) is 36.4 Å². The van der Waals surface area contributed by atoms with Gasteiger partial charge in [0.25, 0.3) is 5.91 Å². The van der Waals surface area contributed by atoms with Gasteiger partial charge in [-0.1, -0.05) is 28.9 Å². The van der Waals surface area contributed by atoms with Gasteiger partial charge in [0.1, 0.15) is 11.7 Å². The second-order valence-corrected chi connectivity index (χ2v) is 7.90. The number of carbonyl (C=O) groups excluding carboxylic acids is 1. The van der Waals surface area contributed by atoms with Crippen molar-refractivity contribution < 1.29 is 18.4 Å². The fourth-order valence-corrected chi connectivity index (χ4v) is 3.92. The zero-order valence-electron chi connectivity index (χ0n) is 17.7. The van der Waals surface area contributed by atoms with Crippen LogP contribution in [-0.4, -0.2) is 49.6 Å². The number of hydrogen-bond donors (Lipinski definition) is 0. The molecule has 0 bridgehead atoms. The van der Waals surface area contributed by atoms with Crippen molar-refractivity contribution in [2.24, 2.45) is 0 Å². The Bertz CT molecular complexity index is 1340. The van der Waals surface area contributed by atoms with Gasteiger partial charge in [0.05, 0.1) is 25.1 Å². The quantitative estimate of drug-likeness (QED) is 0.436. The van der Waals surface area contributed by atoms with E-state index < -0.39 is 11.9 Å². The van der Waals surface area contributed by atoms with Crippen molar-refractivity contribution in [2.75, 3.05) is 13.7 Å². The highest BCUT2D eigenvalue weighted by Gasteiger charge is 2.39. The van der Waals surface area contributed by atoms with Gasteiger partial charge in [0.15, 0.2) is 11.6 Å². The average molecular weight is 469 g/mol. The van der Waals surface area contributed by atoms with Crippen LogP contribution in [0.3, 0.4) is 0 Å². The number of ether oxygens (including phenoxy) is 1. The molecule has 9 nitrogen and oxygen atoms in total. The Morgan fingerprint density at radius 2 is 2.06 bits per heavy atom. The summed E-state index contributed by atoms with van der Waals surface area (Å²) < 4.78 is 25.0. The van der Waals surface area contributed by atoms with Crippen LogP contribution in [0, 0.1) is 12.7 Å². The Hall–Kier alpha value is -3.79. The number of hydrogen-bond acceptors (Lipinski definition) is 7. The van der Waals surface area contributed by atoms with Gasteiger partial charge in [-0.3, -0.25) is 4.79 Å². The van der Waals surface area contributed by atoms with Crippen LogP contribution >= 0.6 is 11.6 Å². The molecule has 0 radical (unpaired) electrons. The number of aromatic nitrogens is 5. The molecule has 2 aromatic carbocycles. The Morgan fingerprint density at radius 1 is 1.27 bits per heavy atom. The molecule has 0 spiro atoms. The zero-order chi connectivity index (χ0) is 23.1. The van der Waals surface area contributed by atoms with E-state index >= 15 is 0 Å². The van der Waals surface area contributed by atoms with Crippen LogP contribution in [-0.2, 0) is 0 Å². The number of benzene rings is 2. The number of methoxy groups -OCH3 is 1. The van der Waals surface area contributed by atoms with Crippen LogP contribution in [0.4, 0.5) is 4.39 Å². The summed E-state index contributed by atoms with van der Waals surface area (Å²) in [7, 11) is 1.34. The van der Waals surface area contributed by atoms with E-state index in [-0.39, 0.29) is 22.9 Å². The van der Waals surface area contributed by atoms with Crippen molar-refractivity contribution in [3.8, 4) is 22.8 Å². The lowest BCUT2D eigenvalue weighted by Gasteiger charge is -2.38. The summed E-state index contributed by atoms with van der Waals surface area (Å²) in [5, 5.41) is 12.7. The minimum atomic E-state index is -0.625. The minimum absolute atomic E-state index is 0.0529. The molecule has 1 unspecified atom stereocenters. The van der Waals surface area contributed by atoms with Crippen molar-refractivity contribution >= 4 is 17.5 Å². The first-order valence-electron chi connectivity index (χ1n) is 10.1. The van der Waals surface area contributed by atoms with Gasteiger partial charge in [0.2, 0.25) is 11.7 Å². The molecule has 33 heavy (non-hydrogen) atoms. The van der Waals surface area contributed by atoms with Crippen LogP contribution in [0.5, 0.6) is 5.75 Å². The Labute approximate surface area is 192 Å². The molecule has 0 aliphatic carbocycles. The fraction of sp³-hybridized carbons (Fsp3) is 0.227. The summed E-state index contributed by atoms with van der Waals surface area (Å²) in [5.74, 6) is -0.315. The Morgan fingerprint density at radius 3 is 2.76 bits per heavy atom. The SMILES string of the molecule is COc1cc(C(=O)N2CCC2c2nc(-c3cccc(Cl)c3C)no2)c(-n2nccn2)cc1F. The lowest BCUT2D eigenvalue weighted by Crippen LogP contribution is -2.45. The third-order valence-corrected chi connectivity index (χ3v) is 6.06. The number of rotatable bonds is 5. The maximum atomic E-state index is 14.4. The Balaban J connectivity index is 1.47. The first kappa shape index (κ1) is 21.1. The van der Waals surface area contributed by atoms with Crippen molar-refractivity contribution in [2.45, 2.75) is 19.4 Å². The summed E-state index contributed by atoms with van der Waals surface area (Å²) in [6.07, 6.45) is 3.54. The summed E-state index contributed by atoms with van der Waals surface area (Å²) in [5.41, 5.74) is 1.99. The molecule has 0 saturated carbocycles. The molecule has 4 aromatic rings. The monoisotopic (exact) mass is 468 g/mol. The van der Waals surface area contributed by atoms with Gasteiger partial charge < -0.3 is 14.2 Å². The molecule has 5 rings (SSSR count). The van der Waals surface area contributed by atoms with Gasteiger partial charge in [-0.2, -0.15) is 20.0 Å². The number of likely N-dealkylation sites (tertiary alicyclic amines) is 1. The molecule has 1 aliphatic rings. The van der Waals surface area contributed by atoms with Gasteiger partial charge in [-0.15, -0.1) is 0 Å². The summed E-state index contributed by atoms with van der Waals surface area (Å²) in [4.78, 5) is 20.7. The molecule has 168 valence electrons. The lowest BCUT2D eigenvalue weighted by molar-refractivity contribution is 0.0378. The van der Waals surface area contributed by atoms with Gasteiger partial charge >= 0.3 is 0 Å². The van der Waals surface area contributed by atoms with E-state index in [9.17, 15) is 9.18 Å². The molecule has 2 aromatic heterocycles. The summed E-state index contributed by atoms with van der Waals surface area (Å²) in [6.45, 7) is 2.35. The predicted octanol–water partition coefficient (Wildman–Crippen LogP) is 4.01. The van der Waals surface area contributed by atoms with E-state index in [1.807, 2.05) is 19.1 Å². The van der Waals surface area contributed by atoms with E-state index in [0.29, 0.717) is 29.7 Å². The van der Waals surface area contributed by atoms with Crippen LogP contribution < -0.4 is 4.74 Å². The molecule has 1 saturated heterocycles. The van der Waals surface area contributed by atoms with Crippen molar-refractivity contribution in [1.82, 2.24) is 30.0 Å². The van der Waals surface area contributed by atoms with E-state index in [4.69, 9.17) is 20.9 Å². The molecular weight excluding hydrogens is 451 g/mol. The number of halogens is 2. The molecule has 1 fully saturated rings. The molecule has 0 N–H and O–H groups in total. The number of carbonyl (C=O) groups is 1. The molecule has 1 amide bonds. The van der Waals surface area contributed by atoms with Crippen LogP contribution in [0.2, 0.25) is 5.02 Å². The van der Waals surface area contributed by atoms with E-state index in [1.54, 1.807) is 11.0 Å². The highest BCUT2D eigenvalue weighted by molar-refractivity contribution is 6.31. The molecule has 1 atom stereocenters. The lowest BCUT2D eigenvalue weighted by atomic mass is 10.00. The van der Waals surface area contributed by atoms with Crippen LogP contribution in [0.1, 0.15) is 34.3 Å². The average Bonchev–Trinajstić information content (AvgIpc) is 3.47. The van der Waals surface area contributed by atoms with Crippen LogP contribution in [0.25, 0.3) is 17.1 Å². The molecule has 1 aliphatic heterocycles. The smallest absolute Gasteiger partial charge is 0.256 e. The van der Waals surface area contributed by atoms with Crippen LogP contribution in [0.15, 0.2) is 47.2 Å². The van der Waals surface area contributed by atoms with E-state index in [2.05, 4.69) is 20.3 Å². The number of nitrogens with zero attached hydrogens (tertiary/aromatic N) is 6. The number of amides is 1. The topological polar surface area (TPSA) is 99.2 Å². The maximum Gasteiger partial charge on any atom is 0.256 e. The van der Waals surface area contributed by atoms with Crippen molar-refractivity contribution in [3.05, 3.63) is 70.6 Å². The maximum absolute atomic E-state index is 14.4. The minimum Gasteiger partial charge on any atom is -0.494 e. The fourth-order valence-electron chi connectivity index (χ4n) is 3.75. The summed E-state index contributed by atoms with van der Waals surface area (Å²) >= 11 is 6.21. The standard InChI is InChI=1S/C22H18ClFN6O3/c1-12-13(4-3-5-15(12)23)20-27-21(33-28-20)17-6-9-29(17)22(31)14-10-19(32-2)16(24)11-18(14)30-25-7-8-26-30/h3-5,7-8,10-11,17H,6,9H2,1-2H3. The Kier molecular flexibility index (Phi) is 5.29. The normalized spacial score (nSPS) is 15.4. The first-order valence-corrected chi connectivity index (χ1v) is 10.5. The third kappa shape index (κ3) is 3.62. The largest absolute Gasteiger partial charge is 0.494 e. The van der Waals surface area contributed by atoms with Gasteiger partial charge in [-0.25, -0.2) is 4.39 Å². The van der Waals surface area contributed by atoms with Crippen molar-refractivity contribution in [3.63, 3.8) is 0 Å². The third-order valence-electron chi connectivity index (χ3n) is 5.65. The highest BCUT2D eigenvalue weighted by Crippen LogP contribution is 2.37. The molecular formula is C22H18ClFN6O3. The zero-order valence-corrected chi connectivity index (χ0v) is 18.5. The van der Waals surface area contributed by atoms with Gasteiger partial charge in [0, 0.05) is 23.2 Å². The predicted molar refractivity (Wildman–Crippen MR) is 116 cm³/mol. The second-order valence-electron chi connectivity index (χ2n) is 7.49. The van der Waals surface area contributed by atoms with Crippen molar-refractivity contribution in [1.29, 1.82) is 0 Å². The highest BCUT2D eigenvalue weighted by atomic mass is 35.5. The molecule has 11 heteroatoms. The first-order chi connectivity index (χ1) is 16.0. The van der Waals surface area contributed by atoms with E-state index in [0.717, 1.165) is 11.1 Å². The summed E-state index contributed by atoms with van der Waals surface area (Å²) in [6, 6.07) is 7.57. The molecule has 3 heterocycles.